The molecule has 0 aliphatic rings. The van der Waals surface area contributed by atoms with Crippen molar-refractivity contribution in [2.75, 3.05) is 23.3 Å². The number of carbonyl (C=O) groups is 1. The monoisotopic (exact) mass is 277 g/mol. The van der Waals surface area contributed by atoms with E-state index >= 15 is 0 Å². The second-order valence-electron chi connectivity index (χ2n) is 3.22. The maximum absolute atomic E-state index is 11.5. The van der Waals surface area contributed by atoms with Crippen LogP contribution in [0.25, 0.3) is 0 Å². The van der Waals surface area contributed by atoms with Crippen LogP contribution in [0.2, 0.25) is 0 Å². The maximum atomic E-state index is 11.5. The maximum Gasteiger partial charge on any atom is 0.260 e. The van der Waals surface area contributed by atoms with Gasteiger partial charge in [-0.2, -0.15) is 16.4 Å². The van der Waals surface area contributed by atoms with Crippen LogP contribution in [0.15, 0.2) is 0 Å². The second kappa shape index (κ2) is 6.47. The predicted molar refractivity (Wildman–Crippen MR) is 70.3 cm³/mol. The summed E-state index contributed by atoms with van der Waals surface area (Å²) in [4.78, 5) is 11.5. The fourth-order valence-electron chi connectivity index (χ4n) is 0.979. The number of amides is 1. The Kier molecular flexibility index (Phi) is 5.25. The van der Waals surface area contributed by atoms with Crippen molar-refractivity contribution in [3.8, 4) is 0 Å². The number of aromatic nitrogens is 3. The Hall–Kier alpha value is -1.26. The molecule has 0 saturated carbocycles. The predicted octanol–water partition coefficient (Wildman–Crippen LogP) is -0.822. The second-order valence-corrected chi connectivity index (χ2v) is 4.60. The summed E-state index contributed by atoms with van der Waals surface area (Å²) in [5, 5.41) is 6.23. The Labute approximate surface area is 107 Å². The Morgan fingerprint density at radius 3 is 3.00 bits per heavy atom. The molecule has 7 N–H and O–H groups in total. The summed E-state index contributed by atoms with van der Waals surface area (Å²) >= 11 is 6.43. The molecule has 0 radical (unpaired) electrons. The minimum Gasteiger partial charge on any atom is -0.334 e. The zero-order chi connectivity index (χ0) is 12.8. The van der Waals surface area contributed by atoms with Crippen molar-refractivity contribution in [2.24, 2.45) is 5.73 Å². The highest BCUT2D eigenvalue weighted by Crippen LogP contribution is 1.99. The van der Waals surface area contributed by atoms with Crippen LogP contribution in [-0.4, -0.2) is 38.8 Å². The quantitative estimate of drug-likeness (QED) is 0.261. The minimum atomic E-state index is -0.567. The first-order chi connectivity index (χ1) is 8.06. The smallest absolute Gasteiger partial charge is 0.260 e. The Bertz CT molecular complexity index is 428. The molecule has 1 aromatic heterocycles. The lowest BCUT2D eigenvalue weighted by atomic mass is 10.2. The van der Waals surface area contributed by atoms with Gasteiger partial charge in [0.05, 0.1) is 6.04 Å². The van der Waals surface area contributed by atoms with E-state index in [-0.39, 0.29) is 16.6 Å². The van der Waals surface area contributed by atoms with Gasteiger partial charge in [0.1, 0.15) is 0 Å². The van der Waals surface area contributed by atoms with E-state index in [1.54, 1.807) is 11.8 Å². The van der Waals surface area contributed by atoms with Crippen LogP contribution in [0.5, 0.6) is 0 Å². The van der Waals surface area contributed by atoms with Crippen LogP contribution >= 0.6 is 24.0 Å². The molecule has 10 heteroatoms. The van der Waals surface area contributed by atoms with Gasteiger partial charge in [0.2, 0.25) is 4.77 Å². The lowest BCUT2D eigenvalue weighted by Gasteiger charge is -2.12. The van der Waals surface area contributed by atoms with E-state index in [1.165, 1.54) is 0 Å². The van der Waals surface area contributed by atoms with Gasteiger partial charge in [-0.3, -0.25) is 15.6 Å². The molecule has 0 aliphatic heterocycles. The third kappa shape index (κ3) is 3.91. The van der Waals surface area contributed by atoms with E-state index < -0.39 is 6.04 Å². The normalized spacial score (nSPS) is 12.1. The summed E-state index contributed by atoms with van der Waals surface area (Å²) in [6, 6.07) is -0.567. The molecule has 17 heavy (non-hydrogen) atoms. The van der Waals surface area contributed by atoms with Crippen LogP contribution in [0.4, 0.5) is 5.95 Å². The van der Waals surface area contributed by atoms with Crippen molar-refractivity contribution in [1.29, 1.82) is 0 Å². The average Bonchev–Trinajstić information content (AvgIpc) is 2.64. The number of rotatable bonds is 6. The summed E-state index contributed by atoms with van der Waals surface area (Å²) in [5.74, 6) is 6.22. The van der Waals surface area contributed by atoms with Gasteiger partial charge in [-0.25, -0.2) is 5.10 Å². The Morgan fingerprint density at radius 1 is 1.76 bits per heavy atom. The van der Waals surface area contributed by atoms with Gasteiger partial charge in [-0.15, -0.1) is 5.10 Å². The summed E-state index contributed by atoms with van der Waals surface area (Å²) in [6.07, 6.45) is 2.55. The number of nitrogen functional groups attached to an aromatic ring is 1. The largest absolute Gasteiger partial charge is 0.334 e. The number of nitrogens with one attached hydrogen (secondary N) is 3. The first-order valence-corrected chi connectivity index (χ1v) is 6.59. The molecule has 1 unspecified atom stereocenters. The van der Waals surface area contributed by atoms with E-state index in [9.17, 15) is 4.79 Å². The van der Waals surface area contributed by atoms with Crippen molar-refractivity contribution in [2.45, 2.75) is 12.5 Å². The molecule has 0 spiro atoms. The lowest BCUT2D eigenvalue weighted by molar-refractivity contribution is -0.121. The number of nitrogens with two attached hydrogens (primary N) is 2. The molecule has 0 bridgehead atoms. The van der Waals surface area contributed by atoms with Gasteiger partial charge in [0.25, 0.3) is 11.9 Å². The lowest BCUT2D eigenvalue weighted by Crippen LogP contribution is -2.44. The van der Waals surface area contributed by atoms with Crippen LogP contribution in [-0.2, 0) is 4.79 Å². The van der Waals surface area contributed by atoms with E-state index in [0.717, 1.165) is 10.4 Å². The van der Waals surface area contributed by atoms with Gasteiger partial charge in [0.15, 0.2) is 0 Å². The molecule has 1 atom stereocenters. The number of carbonyl (C=O) groups excluding carboxylic acids is 1. The number of thioether (sulfide) groups is 1. The van der Waals surface area contributed by atoms with Gasteiger partial charge in [-0.1, -0.05) is 0 Å². The minimum absolute atomic E-state index is 0.209. The molecule has 1 amide bonds. The first kappa shape index (κ1) is 13.8. The van der Waals surface area contributed by atoms with Crippen LogP contribution in [0.1, 0.15) is 6.42 Å². The number of hydrogen-bond acceptors (Lipinski definition) is 7. The van der Waals surface area contributed by atoms with E-state index in [2.05, 4.69) is 21.0 Å². The zero-order valence-electron chi connectivity index (χ0n) is 9.27. The Balaban J connectivity index is 2.43. The fraction of sp³-hybridized carbons (Fsp3) is 0.571. The summed E-state index contributed by atoms with van der Waals surface area (Å²) in [7, 11) is 0. The fourth-order valence-corrected chi connectivity index (χ4v) is 1.60. The van der Waals surface area contributed by atoms with Crippen LogP contribution in [0.3, 0.4) is 0 Å². The van der Waals surface area contributed by atoms with Gasteiger partial charge in [0, 0.05) is 0 Å². The number of anilines is 1. The molecule has 0 aromatic carbocycles. The number of hydrazine groups is 1. The highest BCUT2D eigenvalue weighted by molar-refractivity contribution is 7.98. The summed E-state index contributed by atoms with van der Waals surface area (Å²) in [5.41, 5.74) is 10.6. The van der Waals surface area contributed by atoms with Gasteiger partial charge >= 0.3 is 0 Å². The SMILES string of the molecule is CSCCC(N)C(=O)NNc1n[nH]c(=S)n1N. The molecular weight excluding hydrogens is 262 g/mol. The molecule has 0 fully saturated rings. The topological polar surface area (TPSA) is 127 Å². The molecule has 0 saturated heterocycles. The van der Waals surface area contributed by atoms with Crippen LogP contribution < -0.4 is 22.4 Å². The van der Waals surface area contributed by atoms with Crippen molar-refractivity contribution < 1.29 is 4.79 Å². The molecule has 96 valence electrons. The first-order valence-electron chi connectivity index (χ1n) is 4.79. The number of nitrogens with zero attached hydrogens (tertiary/aromatic N) is 2. The number of H-pyrrole nitrogens is 1. The molecule has 1 rings (SSSR count). The Morgan fingerprint density at radius 2 is 2.47 bits per heavy atom. The van der Waals surface area contributed by atoms with Crippen molar-refractivity contribution >= 4 is 35.8 Å². The third-order valence-electron chi connectivity index (χ3n) is 1.97. The van der Waals surface area contributed by atoms with E-state index in [0.29, 0.717) is 6.42 Å². The van der Waals surface area contributed by atoms with Gasteiger partial charge in [-0.05, 0) is 30.6 Å². The van der Waals surface area contributed by atoms with Crippen molar-refractivity contribution in [3.63, 3.8) is 0 Å². The van der Waals surface area contributed by atoms with Crippen molar-refractivity contribution in [1.82, 2.24) is 20.3 Å². The number of aromatic amines is 1. The highest BCUT2D eigenvalue weighted by atomic mass is 32.2. The van der Waals surface area contributed by atoms with E-state index in [1.807, 2.05) is 6.26 Å². The molecule has 8 nitrogen and oxygen atoms in total. The molecule has 1 heterocycles. The third-order valence-corrected chi connectivity index (χ3v) is 2.90. The number of hydrogen-bond donors (Lipinski definition) is 5. The summed E-state index contributed by atoms with van der Waals surface area (Å²) in [6.45, 7) is 0. The molecule has 1 aromatic rings. The molecular formula is C7H15N7OS2. The standard InChI is InChI=1S/C7H15N7OS2/c1-17-3-2-4(8)5(15)10-11-6-12-13-7(16)14(6)9/h4H,2-3,8-9H2,1H3,(H,10,15)(H,11,12)(H,13,16). The van der Waals surface area contributed by atoms with Crippen LogP contribution in [0, 0.1) is 4.77 Å². The zero-order valence-corrected chi connectivity index (χ0v) is 10.9. The van der Waals surface area contributed by atoms with E-state index in [4.69, 9.17) is 23.8 Å². The highest BCUT2D eigenvalue weighted by Gasteiger charge is 2.13. The average molecular weight is 277 g/mol. The van der Waals surface area contributed by atoms with Gasteiger partial charge < -0.3 is 11.6 Å². The van der Waals surface area contributed by atoms with Crippen molar-refractivity contribution in [3.05, 3.63) is 4.77 Å². The molecule has 0 aliphatic carbocycles. The summed E-state index contributed by atoms with van der Waals surface area (Å²) < 4.78 is 1.34.